The van der Waals surface area contributed by atoms with Crippen molar-refractivity contribution in [2.45, 2.75) is 50.9 Å². The van der Waals surface area contributed by atoms with Gasteiger partial charge in [0.25, 0.3) is 5.91 Å². The van der Waals surface area contributed by atoms with E-state index in [1.807, 2.05) is 46.2 Å². The van der Waals surface area contributed by atoms with Gasteiger partial charge in [-0.2, -0.15) is 0 Å². The molecule has 236 valence electrons. The molecular weight excluding hydrogens is 640 g/mol. The monoisotopic (exact) mass is 671 g/mol. The molecule has 1 N–H and O–H groups in total. The van der Waals surface area contributed by atoms with Crippen molar-refractivity contribution in [3.8, 4) is 11.5 Å². The van der Waals surface area contributed by atoms with Gasteiger partial charge in [0, 0.05) is 50.3 Å². The number of nitrogens with zero attached hydrogens (tertiary/aromatic N) is 2. The number of halogens is 4. The van der Waals surface area contributed by atoms with Crippen LogP contribution in [-0.4, -0.2) is 66.0 Å². The molecule has 7 nitrogen and oxygen atoms in total. The van der Waals surface area contributed by atoms with Crippen molar-refractivity contribution in [3.05, 3.63) is 98.2 Å². The Morgan fingerprint density at radius 1 is 0.978 bits per heavy atom. The Morgan fingerprint density at radius 2 is 1.73 bits per heavy atom. The molecule has 11 heteroatoms. The maximum atomic E-state index is 14.5. The fourth-order valence-corrected chi connectivity index (χ4v) is 6.59. The minimum absolute atomic E-state index is 0.00309. The van der Waals surface area contributed by atoms with Crippen LogP contribution in [0.5, 0.6) is 11.5 Å². The van der Waals surface area contributed by atoms with E-state index < -0.39 is 5.82 Å². The van der Waals surface area contributed by atoms with Gasteiger partial charge in [0.1, 0.15) is 30.5 Å². The second-order valence-corrected chi connectivity index (χ2v) is 12.8. The Morgan fingerprint density at radius 3 is 2.47 bits per heavy atom. The molecule has 1 aliphatic carbocycles. The molecule has 3 aromatic carbocycles. The van der Waals surface area contributed by atoms with Crippen LogP contribution in [0.4, 0.5) is 4.39 Å². The summed E-state index contributed by atoms with van der Waals surface area (Å²) in [6.45, 7) is 3.34. The first kappa shape index (κ1) is 31.7. The average Bonchev–Trinajstić information content (AvgIpc) is 3.87. The predicted octanol–water partition coefficient (Wildman–Crippen LogP) is 6.78. The third-order valence-electron chi connectivity index (χ3n) is 8.41. The van der Waals surface area contributed by atoms with Crippen LogP contribution >= 0.6 is 34.8 Å². The Bertz CT molecular complexity index is 1630. The van der Waals surface area contributed by atoms with Crippen LogP contribution in [0, 0.1) is 5.82 Å². The maximum absolute atomic E-state index is 14.5. The number of carbonyl (C=O) groups excluding carboxylic acids is 2. The van der Waals surface area contributed by atoms with Crippen molar-refractivity contribution in [1.29, 1.82) is 0 Å². The quantitative estimate of drug-likeness (QED) is 0.241. The van der Waals surface area contributed by atoms with Gasteiger partial charge in [0.2, 0.25) is 5.91 Å². The summed E-state index contributed by atoms with van der Waals surface area (Å²) in [6.07, 6.45) is 2.45. The van der Waals surface area contributed by atoms with Crippen LogP contribution in [0.15, 0.2) is 66.2 Å². The molecular formula is C34H33Cl3FN3O4. The summed E-state index contributed by atoms with van der Waals surface area (Å²) in [4.78, 5) is 30.6. The zero-order chi connectivity index (χ0) is 31.7. The van der Waals surface area contributed by atoms with Gasteiger partial charge in [0.15, 0.2) is 0 Å². The SMILES string of the molecule is CC(=O)N1C[C@H]2CC(c3ccc(OCCOc4cc(F)ccc4Cl)cc3)=C(C(=O)N(Cc3cccc(Cl)c3Cl)C3CC3)[C@@H](C1)N2. The lowest BCUT2D eigenvalue weighted by molar-refractivity contribution is -0.132. The second kappa shape index (κ2) is 13.6. The summed E-state index contributed by atoms with van der Waals surface area (Å²) in [7, 11) is 0. The number of hydrogen-bond acceptors (Lipinski definition) is 5. The zero-order valence-corrected chi connectivity index (χ0v) is 27.0. The first-order chi connectivity index (χ1) is 21.7. The van der Waals surface area contributed by atoms with Gasteiger partial charge in [-0.1, -0.05) is 59.1 Å². The third-order valence-corrected chi connectivity index (χ3v) is 9.58. The van der Waals surface area contributed by atoms with Crippen LogP contribution in [0.3, 0.4) is 0 Å². The van der Waals surface area contributed by atoms with Gasteiger partial charge in [-0.25, -0.2) is 4.39 Å². The Balaban J connectivity index is 1.24. The van der Waals surface area contributed by atoms with Crippen LogP contribution in [0.25, 0.3) is 5.57 Å². The molecule has 3 aliphatic rings. The van der Waals surface area contributed by atoms with E-state index in [1.54, 1.807) is 13.0 Å². The summed E-state index contributed by atoms with van der Waals surface area (Å²) in [6, 6.07) is 16.9. The molecule has 0 radical (unpaired) electrons. The number of carbonyl (C=O) groups is 2. The van der Waals surface area contributed by atoms with Gasteiger partial charge in [-0.05, 0) is 66.3 Å². The van der Waals surface area contributed by atoms with Crippen molar-refractivity contribution in [2.24, 2.45) is 0 Å². The average molecular weight is 673 g/mol. The van der Waals surface area contributed by atoms with E-state index in [0.29, 0.717) is 52.4 Å². The molecule has 2 amide bonds. The molecule has 0 spiro atoms. The minimum Gasteiger partial charge on any atom is -0.490 e. The van der Waals surface area contributed by atoms with E-state index >= 15 is 0 Å². The summed E-state index contributed by atoms with van der Waals surface area (Å²) in [5.41, 5.74) is 3.37. The molecule has 2 bridgehead atoms. The fourth-order valence-electron chi connectivity index (χ4n) is 6.04. The van der Waals surface area contributed by atoms with Gasteiger partial charge in [-0.3, -0.25) is 9.59 Å². The number of ether oxygens (including phenoxy) is 2. The van der Waals surface area contributed by atoms with E-state index in [-0.39, 0.29) is 48.9 Å². The molecule has 6 rings (SSSR count). The molecule has 3 aromatic rings. The first-order valence-corrected chi connectivity index (χ1v) is 16.1. The van der Waals surface area contributed by atoms with E-state index in [1.165, 1.54) is 18.2 Å². The number of nitrogens with one attached hydrogen (secondary N) is 1. The van der Waals surface area contributed by atoms with Crippen LogP contribution in [0.2, 0.25) is 15.1 Å². The van der Waals surface area contributed by atoms with Gasteiger partial charge in [-0.15, -0.1) is 0 Å². The van der Waals surface area contributed by atoms with Crippen molar-refractivity contribution in [1.82, 2.24) is 15.1 Å². The number of rotatable bonds is 10. The highest BCUT2D eigenvalue weighted by Crippen LogP contribution is 2.38. The molecule has 1 saturated heterocycles. The van der Waals surface area contributed by atoms with Gasteiger partial charge < -0.3 is 24.6 Å². The van der Waals surface area contributed by atoms with Crippen LogP contribution in [-0.2, 0) is 16.1 Å². The standard InChI is InChI=1S/C34H33Cl3FN3O4/c1-20(42)40-18-24-16-27(21-5-10-26(11-6-21)44-13-14-45-31-15-23(38)7-12-28(31)35)32(30(19-40)39-24)34(43)41(25-8-9-25)17-22-3-2-4-29(36)33(22)37/h2-7,10-12,15,24-25,30,39H,8-9,13-14,16-19H2,1H3/t24-,30-/m1/s1. The molecule has 2 aliphatic heterocycles. The molecule has 1 saturated carbocycles. The van der Waals surface area contributed by atoms with E-state index in [0.717, 1.165) is 29.5 Å². The summed E-state index contributed by atoms with van der Waals surface area (Å²) in [5.74, 6) is 0.406. The first-order valence-electron chi connectivity index (χ1n) is 15.0. The van der Waals surface area contributed by atoms with E-state index in [4.69, 9.17) is 44.3 Å². The molecule has 45 heavy (non-hydrogen) atoms. The lowest BCUT2D eigenvalue weighted by Crippen LogP contribution is -2.61. The lowest BCUT2D eigenvalue weighted by Gasteiger charge is -2.44. The number of benzene rings is 3. The lowest BCUT2D eigenvalue weighted by atomic mass is 9.82. The van der Waals surface area contributed by atoms with E-state index in [9.17, 15) is 14.0 Å². The zero-order valence-electron chi connectivity index (χ0n) is 24.7. The Labute approximate surface area is 276 Å². The third kappa shape index (κ3) is 7.25. The topological polar surface area (TPSA) is 71.1 Å². The second-order valence-electron chi connectivity index (χ2n) is 11.6. The largest absolute Gasteiger partial charge is 0.490 e. The van der Waals surface area contributed by atoms with Crippen molar-refractivity contribution < 1.29 is 23.5 Å². The number of fused-ring (bicyclic) bond motifs is 2. The van der Waals surface area contributed by atoms with Crippen molar-refractivity contribution in [3.63, 3.8) is 0 Å². The van der Waals surface area contributed by atoms with Gasteiger partial charge >= 0.3 is 0 Å². The maximum Gasteiger partial charge on any atom is 0.252 e. The molecule has 0 unspecified atom stereocenters. The number of amides is 2. The molecule has 2 atom stereocenters. The predicted molar refractivity (Wildman–Crippen MR) is 173 cm³/mol. The summed E-state index contributed by atoms with van der Waals surface area (Å²) in [5, 5.41) is 4.85. The van der Waals surface area contributed by atoms with Crippen molar-refractivity contribution in [2.75, 3.05) is 26.3 Å². The summed E-state index contributed by atoms with van der Waals surface area (Å²) >= 11 is 18.9. The highest BCUT2D eigenvalue weighted by molar-refractivity contribution is 6.42. The number of piperazine rings is 1. The van der Waals surface area contributed by atoms with Crippen molar-refractivity contribution >= 4 is 52.2 Å². The Kier molecular flexibility index (Phi) is 9.57. The van der Waals surface area contributed by atoms with Gasteiger partial charge in [0.05, 0.1) is 21.1 Å². The molecule has 0 aromatic heterocycles. The number of hydrogen-bond donors (Lipinski definition) is 1. The fraction of sp³-hybridized carbons (Fsp3) is 0.353. The molecule has 2 heterocycles. The summed E-state index contributed by atoms with van der Waals surface area (Å²) < 4.78 is 24.9. The smallest absolute Gasteiger partial charge is 0.252 e. The van der Waals surface area contributed by atoms with Crippen LogP contribution < -0.4 is 14.8 Å². The van der Waals surface area contributed by atoms with E-state index in [2.05, 4.69) is 5.32 Å². The van der Waals surface area contributed by atoms with Crippen LogP contribution in [0.1, 0.15) is 37.3 Å². The highest BCUT2D eigenvalue weighted by atomic mass is 35.5. The Hall–Kier alpha value is -3.30. The normalized spacial score (nSPS) is 19.4. The molecule has 2 fully saturated rings. The highest BCUT2D eigenvalue weighted by Gasteiger charge is 2.43. The minimum atomic E-state index is -0.428.